The number of nitrogens with zero attached hydrogens (tertiary/aromatic N) is 3. The molecule has 0 bridgehead atoms. The average molecular weight is 324 g/mol. The number of anilines is 1. The summed E-state index contributed by atoms with van der Waals surface area (Å²) in [7, 11) is 1.80. The molecule has 0 unspecified atom stereocenters. The number of hydrogen-bond acceptors (Lipinski definition) is 4. The van der Waals surface area contributed by atoms with E-state index in [1.165, 1.54) is 11.1 Å². The molecule has 0 fully saturated rings. The summed E-state index contributed by atoms with van der Waals surface area (Å²) in [6, 6.07) is 7.90. The van der Waals surface area contributed by atoms with Gasteiger partial charge >= 0.3 is 0 Å². The molecule has 6 heteroatoms. The number of rotatable bonds is 5. The van der Waals surface area contributed by atoms with Gasteiger partial charge in [0.15, 0.2) is 17.5 Å². The maximum atomic E-state index is 11.9. The minimum absolute atomic E-state index is 0.111. The largest absolute Gasteiger partial charge is 0.441 e. The molecule has 0 aliphatic rings. The van der Waals surface area contributed by atoms with Crippen LogP contribution in [0.4, 0.5) is 5.82 Å². The predicted molar refractivity (Wildman–Crippen MR) is 91.6 cm³/mol. The van der Waals surface area contributed by atoms with Crippen LogP contribution in [0.25, 0.3) is 11.3 Å². The molecule has 3 rings (SSSR count). The van der Waals surface area contributed by atoms with Crippen LogP contribution in [0.3, 0.4) is 0 Å². The van der Waals surface area contributed by atoms with E-state index in [9.17, 15) is 4.79 Å². The van der Waals surface area contributed by atoms with Crippen molar-refractivity contribution in [2.24, 2.45) is 7.05 Å². The fourth-order valence-corrected chi connectivity index (χ4v) is 2.36. The minimum Gasteiger partial charge on any atom is -0.441 e. The Morgan fingerprint density at radius 2 is 2.08 bits per heavy atom. The number of benzene rings is 1. The molecule has 0 spiro atoms. The number of aromatic nitrogens is 3. The van der Waals surface area contributed by atoms with Crippen LogP contribution in [0, 0.1) is 13.8 Å². The highest BCUT2D eigenvalue weighted by molar-refractivity contribution is 5.89. The first kappa shape index (κ1) is 16.0. The SMILES string of the molecule is Cc1ccc(-c2cnc(CCC(=O)Nc3ccn(C)n3)o2)cc1C. The molecule has 3 aromatic rings. The van der Waals surface area contributed by atoms with Crippen molar-refractivity contribution < 1.29 is 9.21 Å². The van der Waals surface area contributed by atoms with E-state index < -0.39 is 0 Å². The molecule has 0 aliphatic carbocycles. The van der Waals surface area contributed by atoms with Crippen molar-refractivity contribution >= 4 is 11.7 Å². The third-order valence-electron chi connectivity index (χ3n) is 3.89. The Bertz CT molecular complexity index is 864. The van der Waals surface area contributed by atoms with Gasteiger partial charge in [0.25, 0.3) is 0 Å². The molecule has 0 aliphatic heterocycles. The summed E-state index contributed by atoms with van der Waals surface area (Å²) in [4.78, 5) is 16.2. The van der Waals surface area contributed by atoms with E-state index in [4.69, 9.17) is 4.42 Å². The van der Waals surface area contributed by atoms with E-state index in [0.717, 1.165) is 11.3 Å². The van der Waals surface area contributed by atoms with Crippen LogP contribution >= 0.6 is 0 Å². The lowest BCUT2D eigenvalue weighted by Gasteiger charge is -2.02. The molecule has 0 saturated carbocycles. The topological polar surface area (TPSA) is 73.0 Å². The highest BCUT2D eigenvalue weighted by Crippen LogP contribution is 2.23. The van der Waals surface area contributed by atoms with Crippen LogP contribution in [0.15, 0.2) is 41.1 Å². The quantitative estimate of drug-likeness (QED) is 0.782. The van der Waals surface area contributed by atoms with Gasteiger partial charge in [-0.25, -0.2) is 4.98 Å². The molecule has 1 aromatic carbocycles. The molecule has 2 heterocycles. The monoisotopic (exact) mass is 324 g/mol. The van der Waals surface area contributed by atoms with E-state index in [0.29, 0.717) is 24.6 Å². The van der Waals surface area contributed by atoms with Crippen LogP contribution in [0.1, 0.15) is 23.4 Å². The van der Waals surface area contributed by atoms with Gasteiger partial charge in [-0.05, 0) is 31.0 Å². The van der Waals surface area contributed by atoms with Gasteiger partial charge in [-0.3, -0.25) is 9.48 Å². The Labute approximate surface area is 140 Å². The first-order valence-corrected chi connectivity index (χ1v) is 7.83. The second kappa shape index (κ2) is 6.70. The van der Waals surface area contributed by atoms with E-state index in [1.54, 1.807) is 30.2 Å². The molecule has 1 N–H and O–H groups in total. The van der Waals surface area contributed by atoms with E-state index in [1.807, 2.05) is 6.07 Å². The van der Waals surface area contributed by atoms with Crippen molar-refractivity contribution in [3.05, 3.63) is 53.7 Å². The predicted octanol–water partition coefficient (Wildman–Crippen LogP) is 3.26. The highest BCUT2D eigenvalue weighted by atomic mass is 16.4. The van der Waals surface area contributed by atoms with E-state index in [2.05, 4.69) is 41.4 Å². The van der Waals surface area contributed by atoms with Crippen LogP contribution in [0.5, 0.6) is 0 Å². The zero-order valence-corrected chi connectivity index (χ0v) is 14.0. The smallest absolute Gasteiger partial charge is 0.226 e. The van der Waals surface area contributed by atoms with Crippen molar-refractivity contribution in [2.75, 3.05) is 5.32 Å². The van der Waals surface area contributed by atoms with Gasteiger partial charge in [0.2, 0.25) is 5.91 Å². The van der Waals surface area contributed by atoms with Gasteiger partial charge in [-0.2, -0.15) is 5.10 Å². The number of amides is 1. The molecule has 0 saturated heterocycles. The molecular weight excluding hydrogens is 304 g/mol. The number of hydrogen-bond donors (Lipinski definition) is 1. The number of nitrogens with one attached hydrogen (secondary N) is 1. The Hall–Kier alpha value is -2.89. The van der Waals surface area contributed by atoms with Crippen LogP contribution in [-0.4, -0.2) is 20.7 Å². The lowest BCUT2D eigenvalue weighted by Crippen LogP contribution is -2.13. The summed E-state index contributed by atoms with van der Waals surface area (Å²) in [6.45, 7) is 4.14. The Balaban J connectivity index is 1.59. The van der Waals surface area contributed by atoms with Crippen LogP contribution in [-0.2, 0) is 18.3 Å². The fourth-order valence-electron chi connectivity index (χ4n) is 2.36. The second-order valence-corrected chi connectivity index (χ2v) is 5.84. The number of carbonyl (C=O) groups is 1. The Morgan fingerprint density at radius 3 is 2.79 bits per heavy atom. The lowest BCUT2D eigenvalue weighted by molar-refractivity contribution is -0.116. The Morgan fingerprint density at radius 1 is 1.25 bits per heavy atom. The van der Waals surface area contributed by atoms with Crippen LogP contribution < -0.4 is 5.32 Å². The summed E-state index contributed by atoms with van der Waals surface area (Å²) in [5.41, 5.74) is 3.44. The number of oxazole rings is 1. The normalized spacial score (nSPS) is 10.8. The van der Waals surface area contributed by atoms with Crippen molar-refractivity contribution in [1.82, 2.24) is 14.8 Å². The Kier molecular flexibility index (Phi) is 4.46. The summed E-state index contributed by atoms with van der Waals surface area (Å²) < 4.78 is 7.40. The summed E-state index contributed by atoms with van der Waals surface area (Å²) in [5.74, 6) is 1.71. The van der Waals surface area contributed by atoms with E-state index >= 15 is 0 Å². The maximum absolute atomic E-state index is 11.9. The lowest BCUT2D eigenvalue weighted by atomic mass is 10.1. The molecule has 0 radical (unpaired) electrons. The maximum Gasteiger partial charge on any atom is 0.226 e. The molecule has 0 atom stereocenters. The second-order valence-electron chi connectivity index (χ2n) is 5.84. The van der Waals surface area contributed by atoms with Gasteiger partial charge in [0.1, 0.15) is 0 Å². The summed E-state index contributed by atoms with van der Waals surface area (Å²) in [5, 5.41) is 6.86. The molecule has 124 valence electrons. The molecule has 1 amide bonds. The van der Waals surface area contributed by atoms with Gasteiger partial charge in [-0.15, -0.1) is 0 Å². The van der Waals surface area contributed by atoms with Crippen LogP contribution in [0.2, 0.25) is 0 Å². The van der Waals surface area contributed by atoms with Crippen molar-refractivity contribution in [1.29, 1.82) is 0 Å². The minimum atomic E-state index is -0.111. The van der Waals surface area contributed by atoms with E-state index in [-0.39, 0.29) is 5.91 Å². The average Bonchev–Trinajstić information content (AvgIpc) is 3.17. The number of aryl methyl sites for hydroxylation is 4. The number of carbonyl (C=O) groups excluding carboxylic acids is 1. The third kappa shape index (κ3) is 3.71. The van der Waals surface area contributed by atoms with Gasteiger partial charge in [-0.1, -0.05) is 12.1 Å². The molecule has 2 aromatic heterocycles. The van der Waals surface area contributed by atoms with Gasteiger partial charge in [0, 0.05) is 37.7 Å². The summed E-state index contributed by atoms with van der Waals surface area (Å²) in [6.07, 6.45) is 4.22. The molecule has 24 heavy (non-hydrogen) atoms. The zero-order valence-electron chi connectivity index (χ0n) is 14.0. The van der Waals surface area contributed by atoms with Crippen molar-refractivity contribution in [2.45, 2.75) is 26.7 Å². The third-order valence-corrected chi connectivity index (χ3v) is 3.89. The first-order chi connectivity index (χ1) is 11.5. The van der Waals surface area contributed by atoms with Gasteiger partial charge < -0.3 is 9.73 Å². The van der Waals surface area contributed by atoms with Crippen molar-refractivity contribution in [3.63, 3.8) is 0 Å². The first-order valence-electron chi connectivity index (χ1n) is 7.83. The van der Waals surface area contributed by atoms with Gasteiger partial charge in [0.05, 0.1) is 6.20 Å². The molecule has 6 nitrogen and oxygen atoms in total. The summed E-state index contributed by atoms with van der Waals surface area (Å²) >= 11 is 0. The standard InChI is InChI=1S/C18H20N4O2/c1-12-4-5-14(10-13(12)2)15-11-19-18(24-15)7-6-17(23)20-16-8-9-22(3)21-16/h4-5,8-11H,6-7H2,1-3H3,(H,20,21,23). The molecular formula is C18H20N4O2. The highest BCUT2D eigenvalue weighted by Gasteiger charge is 2.10. The van der Waals surface area contributed by atoms with Crippen molar-refractivity contribution in [3.8, 4) is 11.3 Å². The fraction of sp³-hybridized carbons (Fsp3) is 0.278. The zero-order chi connectivity index (χ0) is 17.1.